The van der Waals surface area contributed by atoms with Gasteiger partial charge in [0, 0.05) is 6.54 Å². The first kappa shape index (κ1) is 12.4. The molecule has 1 saturated heterocycles. The highest BCUT2D eigenvalue weighted by Gasteiger charge is 2.35. The van der Waals surface area contributed by atoms with Gasteiger partial charge >= 0.3 is 6.03 Å². The van der Waals surface area contributed by atoms with Crippen molar-refractivity contribution in [1.82, 2.24) is 5.32 Å². The van der Waals surface area contributed by atoms with Crippen LogP contribution < -0.4 is 10.2 Å². The second-order valence-electron chi connectivity index (χ2n) is 4.66. The fourth-order valence-electron chi connectivity index (χ4n) is 2.38. The van der Waals surface area contributed by atoms with Crippen LogP contribution in [0.5, 0.6) is 0 Å². The Morgan fingerprint density at radius 1 is 0.900 bits per heavy atom. The minimum atomic E-state index is -0.367. The summed E-state index contributed by atoms with van der Waals surface area (Å²) in [5, 5.41) is 2.78. The molecule has 1 heterocycles. The molecule has 1 aliphatic heterocycles. The maximum absolute atomic E-state index is 12.6. The van der Waals surface area contributed by atoms with E-state index in [-0.39, 0.29) is 17.9 Å². The predicted octanol–water partition coefficient (Wildman–Crippen LogP) is 2.53. The van der Waals surface area contributed by atoms with Crippen LogP contribution in [0.4, 0.5) is 10.5 Å². The number of hydrogen-bond donors (Lipinski definition) is 1. The standard InChI is InChI=1S/C16H14N2O2/c19-15-14(12-7-3-1-4-8-12)11-17-16(20)18(15)13-9-5-2-6-10-13/h1-10,14H,11H2,(H,17,20). The lowest BCUT2D eigenvalue weighted by Crippen LogP contribution is -2.54. The van der Waals surface area contributed by atoms with E-state index in [1.807, 2.05) is 48.5 Å². The van der Waals surface area contributed by atoms with E-state index < -0.39 is 0 Å². The number of carbonyl (C=O) groups excluding carboxylic acids is 2. The molecule has 2 aromatic rings. The third-order valence-corrected chi connectivity index (χ3v) is 3.40. The van der Waals surface area contributed by atoms with Crippen LogP contribution in [0.1, 0.15) is 11.5 Å². The number of hydrogen-bond acceptors (Lipinski definition) is 2. The van der Waals surface area contributed by atoms with Crippen molar-refractivity contribution in [3.8, 4) is 0 Å². The van der Waals surface area contributed by atoms with Gasteiger partial charge in [-0.2, -0.15) is 0 Å². The van der Waals surface area contributed by atoms with Gasteiger partial charge in [0.2, 0.25) is 5.91 Å². The van der Waals surface area contributed by atoms with Crippen LogP contribution in [0.2, 0.25) is 0 Å². The summed E-state index contributed by atoms with van der Waals surface area (Å²) in [7, 11) is 0. The second-order valence-corrected chi connectivity index (χ2v) is 4.66. The molecule has 3 amide bonds. The van der Waals surface area contributed by atoms with Crippen molar-refractivity contribution < 1.29 is 9.59 Å². The molecule has 4 heteroatoms. The normalized spacial score (nSPS) is 18.8. The molecule has 0 saturated carbocycles. The first-order valence-corrected chi connectivity index (χ1v) is 6.49. The van der Waals surface area contributed by atoms with Gasteiger partial charge in [-0.15, -0.1) is 0 Å². The van der Waals surface area contributed by atoms with Gasteiger partial charge in [0.1, 0.15) is 0 Å². The van der Waals surface area contributed by atoms with Crippen LogP contribution in [0.15, 0.2) is 60.7 Å². The number of amides is 3. The third-order valence-electron chi connectivity index (χ3n) is 3.40. The van der Waals surface area contributed by atoms with Gasteiger partial charge in [-0.1, -0.05) is 48.5 Å². The summed E-state index contributed by atoms with van der Waals surface area (Å²) in [6.07, 6.45) is 0. The number of para-hydroxylation sites is 1. The van der Waals surface area contributed by atoms with E-state index in [0.717, 1.165) is 5.56 Å². The molecule has 20 heavy (non-hydrogen) atoms. The van der Waals surface area contributed by atoms with Gasteiger partial charge in [-0.05, 0) is 17.7 Å². The molecule has 100 valence electrons. The van der Waals surface area contributed by atoms with E-state index in [1.165, 1.54) is 4.90 Å². The first-order valence-electron chi connectivity index (χ1n) is 6.49. The predicted molar refractivity (Wildman–Crippen MR) is 76.5 cm³/mol. The lowest BCUT2D eigenvalue weighted by molar-refractivity contribution is -0.119. The molecule has 1 unspecified atom stereocenters. The Bertz CT molecular complexity index is 625. The van der Waals surface area contributed by atoms with Crippen LogP contribution in [-0.2, 0) is 4.79 Å². The molecule has 1 fully saturated rings. The molecule has 0 bridgehead atoms. The number of nitrogens with one attached hydrogen (secondary N) is 1. The molecule has 0 aliphatic carbocycles. The fourth-order valence-corrected chi connectivity index (χ4v) is 2.38. The van der Waals surface area contributed by atoms with Crippen LogP contribution in [0.25, 0.3) is 0 Å². The number of benzene rings is 2. The summed E-state index contributed by atoms with van der Waals surface area (Å²) in [6, 6.07) is 18.1. The Balaban J connectivity index is 1.95. The van der Waals surface area contributed by atoms with Gasteiger partial charge in [-0.25, -0.2) is 9.69 Å². The molecule has 1 N–H and O–H groups in total. The number of nitrogens with zero attached hydrogens (tertiary/aromatic N) is 1. The van der Waals surface area contributed by atoms with Crippen molar-refractivity contribution >= 4 is 17.6 Å². The molecular formula is C16H14N2O2. The Hall–Kier alpha value is -2.62. The zero-order valence-corrected chi connectivity index (χ0v) is 10.8. The van der Waals surface area contributed by atoms with Crippen molar-refractivity contribution in [1.29, 1.82) is 0 Å². The van der Waals surface area contributed by atoms with Gasteiger partial charge < -0.3 is 5.32 Å². The first-order chi connectivity index (χ1) is 9.77. The van der Waals surface area contributed by atoms with Gasteiger partial charge in [0.25, 0.3) is 0 Å². The molecule has 4 nitrogen and oxygen atoms in total. The van der Waals surface area contributed by atoms with Crippen LogP contribution in [0, 0.1) is 0 Å². The summed E-state index contributed by atoms with van der Waals surface area (Å²) in [4.78, 5) is 25.8. The highest BCUT2D eigenvalue weighted by Crippen LogP contribution is 2.25. The van der Waals surface area contributed by atoms with Crippen LogP contribution in [0.3, 0.4) is 0 Å². The van der Waals surface area contributed by atoms with Crippen molar-refractivity contribution in [2.45, 2.75) is 5.92 Å². The molecule has 0 spiro atoms. The van der Waals surface area contributed by atoms with E-state index >= 15 is 0 Å². The van der Waals surface area contributed by atoms with Crippen molar-refractivity contribution in [2.24, 2.45) is 0 Å². The topological polar surface area (TPSA) is 49.4 Å². The monoisotopic (exact) mass is 266 g/mol. The highest BCUT2D eigenvalue weighted by molar-refractivity contribution is 6.18. The maximum atomic E-state index is 12.6. The summed E-state index contributed by atoms with van der Waals surface area (Å²) in [6.45, 7) is 0.338. The van der Waals surface area contributed by atoms with E-state index in [4.69, 9.17) is 0 Å². The largest absolute Gasteiger partial charge is 0.336 e. The van der Waals surface area contributed by atoms with E-state index in [1.54, 1.807) is 12.1 Å². The van der Waals surface area contributed by atoms with E-state index in [0.29, 0.717) is 12.2 Å². The lowest BCUT2D eigenvalue weighted by atomic mass is 9.96. The lowest BCUT2D eigenvalue weighted by Gasteiger charge is -2.31. The number of imide groups is 1. The van der Waals surface area contributed by atoms with E-state index in [9.17, 15) is 9.59 Å². The second kappa shape index (κ2) is 5.17. The zero-order valence-electron chi connectivity index (χ0n) is 10.8. The molecule has 1 aliphatic rings. The molecule has 2 aromatic carbocycles. The SMILES string of the molecule is O=C1NCC(c2ccccc2)C(=O)N1c1ccccc1. The van der Waals surface area contributed by atoms with E-state index in [2.05, 4.69) is 5.32 Å². The van der Waals surface area contributed by atoms with Crippen molar-refractivity contribution in [3.63, 3.8) is 0 Å². The van der Waals surface area contributed by atoms with Crippen LogP contribution >= 0.6 is 0 Å². The minimum absolute atomic E-state index is 0.189. The Morgan fingerprint density at radius 3 is 2.15 bits per heavy atom. The summed E-state index contributed by atoms with van der Waals surface area (Å²) in [5.74, 6) is -0.528. The number of urea groups is 1. The van der Waals surface area contributed by atoms with Gasteiger partial charge in [0.05, 0.1) is 11.6 Å². The van der Waals surface area contributed by atoms with Crippen molar-refractivity contribution in [2.75, 3.05) is 11.4 Å². The Morgan fingerprint density at radius 2 is 1.50 bits per heavy atom. The minimum Gasteiger partial charge on any atom is -0.336 e. The highest BCUT2D eigenvalue weighted by atomic mass is 16.2. The van der Waals surface area contributed by atoms with Gasteiger partial charge in [-0.3, -0.25) is 4.79 Å². The number of carbonyl (C=O) groups is 2. The maximum Gasteiger partial charge on any atom is 0.328 e. The summed E-state index contributed by atoms with van der Waals surface area (Å²) < 4.78 is 0. The smallest absolute Gasteiger partial charge is 0.328 e. The van der Waals surface area contributed by atoms with Gasteiger partial charge in [0.15, 0.2) is 0 Å². The quantitative estimate of drug-likeness (QED) is 0.908. The summed E-state index contributed by atoms with van der Waals surface area (Å²) in [5.41, 5.74) is 1.51. The number of rotatable bonds is 2. The average Bonchev–Trinajstić information content (AvgIpc) is 2.49. The Labute approximate surface area is 117 Å². The molecular weight excluding hydrogens is 252 g/mol. The molecule has 0 radical (unpaired) electrons. The molecule has 1 atom stereocenters. The molecule has 0 aromatic heterocycles. The van der Waals surface area contributed by atoms with Crippen molar-refractivity contribution in [3.05, 3.63) is 66.2 Å². The number of anilines is 1. The van der Waals surface area contributed by atoms with Crippen LogP contribution in [-0.4, -0.2) is 18.5 Å². The Kier molecular flexibility index (Phi) is 3.21. The zero-order chi connectivity index (χ0) is 13.9. The average molecular weight is 266 g/mol. The summed E-state index contributed by atoms with van der Waals surface area (Å²) >= 11 is 0. The third kappa shape index (κ3) is 2.16. The fraction of sp³-hybridized carbons (Fsp3) is 0.125. The molecule has 3 rings (SSSR count).